The average Bonchev–Trinajstić information content (AvgIpc) is 2.86. The van der Waals surface area contributed by atoms with Crippen molar-refractivity contribution in [3.05, 3.63) is 12.2 Å². The normalized spacial score (nSPS) is 26.6. The Kier molecular flexibility index (Phi) is 5.67. The van der Waals surface area contributed by atoms with Gasteiger partial charge in [-0.1, -0.05) is 19.9 Å². The Balaban J connectivity index is 1.69. The molecule has 3 heteroatoms. The summed E-state index contributed by atoms with van der Waals surface area (Å²) >= 11 is 0. The molecule has 0 aromatic rings. The summed E-state index contributed by atoms with van der Waals surface area (Å²) < 4.78 is 0. The van der Waals surface area contributed by atoms with Gasteiger partial charge in [-0.15, -0.1) is 0 Å². The highest BCUT2D eigenvalue weighted by atomic mass is 15.3. The van der Waals surface area contributed by atoms with Crippen LogP contribution < -0.4 is 5.32 Å². The van der Waals surface area contributed by atoms with E-state index in [4.69, 9.17) is 0 Å². The van der Waals surface area contributed by atoms with Crippen LogP contribution in [0.25, 0.3) is 0 Å². The zero-order valence-electron chi connectivity index (χ0n) is 12.0. The minimum atomic E-state index is 0.817. The largest absolute Gasteiger partial charge is 0.313 e. The van der Waals surface area contributed by atoms with Gasteiger partial charge in [0.05, 0.1) is 0 Å². The van der Waals surface area contributed by atoms with Crippen molar-refractivity contribution in [2.45, 2.75) is 38.6 Å². The van der Waals surface area contributed by atoms with Crippen LogP contribution in [0, 0.1) is 0 Å². The topological polar surface area (TPSA) is 18.5 Å². The van der Waals surface area contributed by atoms with E-state index in [-0.39, 0.29) is 0 Å². The summed E-state index contributed by atoms with van der Waals surface area (Å²) in [5.74, 6) is 0. The Bertz CT molecular complexity index is 258. The van der Waals surface area contributed by atoms with Crippen molar-refractivity contribution < 1.29 is 0 Å². The highest BCUT2D eigenvalue weighted by Crippen LogP contribution is 2.20. The molecule has 2 aliphatic heterocycles. The quantitative estimate of drug-likeness (QED) is 0.725. The third-order valence-electron chi connectivity index (χ3n) is 4.23. The van der Waals surface area contributed by atoms with Gasteiger partial charge in [-0.25, -0.2) is 0 Å². The highest BCUT2D eigenvalue weighted by molar-refractivity contribution is 5.01. The van der Waals surface area contributed by atoms with Gasteiger partial charge in [0.1, 0.15) is 0 Å². The smallest absolute Gasteiger partial charge is 0.0235 e. The van der Waals surface area contributed by atoms with E-state index >= 15 is 0 Å². The van der Waals surface area contributed by atoms with Gasteiger partial charge in [-0.3, -0.25) is 9.80 Å². The van der Waals surface area contributed by atoms with Crippen LogP contribution in [-0.4, -0.2) is 61.7 Å². The maximum atomic E-state index is 4.18. The monoisotopic (exact) mass is 251 g/mol. The van der Waals surface area contributed by atoms with Gasteiger partial charge in [0.2, 0.25) is 0 Å². The molecule has 1 atom stereocenters. The molecular weight excluding hydrogens is 222 g/mol. The molecule has 0 radical (unpaired) electrons. The maximum absolute atomic E-state index is 4.18. The van der Waals surface area contributed by atoms with Gasteiger partial charge in [0.15, 0.2) is 0 Å². The number of likely N-dealkylation sites (tertiary alicyclic amines) is 2. The molecule has 1 N–H and O–H groups in total. The van der Waals surface area contributed by atoms with E-state index in [0.29, 0.717) is 0 Å². The van der Waals surface area contributed by atoms with E-state index in [1.54, 1.807) is 0 Å². The molecule has 2 rings (SSSR count). The third kappa shape index (κ3) is 4.08. The molecule has 0 aromatic carbocycles. The lowest BCUT2D eigenvalue weighted by Crippen LogP contribution is -2.41. The summed E-state index contributed by atoms with van der Waals surface area (Å²) in [6.07, 6.45) is 5.61. The zero-order valence-corrected chi connectivity index (χ0v) is 12.0. The first-order valence-corrected chi connectivity index (χ1v) is 7.63. The predicted molar refractivity (Wildman–Crippen MR) is 78.0 cm³/mol. The first-order chi connectivity index (χ1) is 8.79. The second kappa shape index (κ2) is 7.27. The summed E-state index contributed by atoms with van der Waals surface area (Å²) in [6.45, 7) is 14.6. The van der Waals surface area contributed by atoms with Gasteiger partial charge < -0.3 is 5.32 Å². The summed E-state index contributed by atoms with van der Waals surface area (Å²) in [4.78, 5) is 5.30. The Morgan fingerprint density at radius 2 is 2.00 bits per heavy atom. The van der Waals surface area contributed by atoms with Gasteiger partial charge >= 0.3 is 0 Å². The van der Waals surface area contributed by atoms with Crippen molar-refractivity contribution in [2.75, 3.05) is 45.8 Å². The van der Waals surface area contributed by atoms with Gasteiger partial charge in [0, 0.05) is 32.2 Å². The van der Waals surface area contributed by atoms with Crippen LogP contribution in [0.2, 0.25) is 0 Å². The zero-order chi connectivity index (χ0) is 12.8. The molecule has 0 amide bonds. The standard InChI is InChI=1S/C15H29N3/c1-3-16-11-14(2)12-17-10-7-15(13-17)18-8-5-4-6-9-18/h15-16H,2-13H2,1H3. The molecule has 2 saturated heterocycles. The molecule has 0 aliphatic carbocycles. The molecule has 18 heavy (non-hydrogen) atoms. The van der Waals surface area contributed by atoms with Crippen molar-refractivity contribution in [3.8, 4) is 0 Å². The maximum Gasteiger partial charge on any atom is 0.0235 e. The van der Waals surface area contributed by atoms with Crippen LogP contribution in [0.5, 0.6) is 0 Å². The van der Waals surface area contributed by atoms with Crippen molar-refractivity contribution >= 4 is 0 Å². The molecule has 2 fully saturated rings. The molecule has 0 aromatic heterocycles. The summed E-state index contributed by atoms with van der Waals surface area (Å²) in [5, 5.41) is 3.36. The summed E-state index contributed by atoms with van der Waals surface area (Å²) in [5.41, 5.74) is 1.33. The van der Waals surface area contributed by atoms with Crippen LogP contribution in [0.4, 0.5) is 0 Å². The van der Waals surface area contributed by atoms with Crippen molar-refractivity contribution in [1.29, 1.82) is 0 Å². The second-order valence-electron chi connectivity index (χ2n) is 5.80. The molecule has 0 spiro atoms. The molecule has 3 nitrogen and oxygen atoms in total. The van der Waals surface area contributed by atoms with E-state index < -0.39 is 0 Å². The molecule has 2 heterocycles. The fraction of sp³-hybridized carbons (Fsp3) is 0.867. The van der Waals surface area contributed by atoms with Crippen LogP contribution in [0.1, 0.15) is 32.6 Å². The molecule has 104 valence electrons. The van der Waals surface area contributed by atoms with Gasteiger partial charge in [-0.05, 0) is 44.5 Å². The van der Waals surface area contributed by atoms with E-state index in [1.165, 1.54) is 57.4 Å². The van der Waals surface area contributed by atoms with Crippen LogP contribution in [0.3, 0.4) is 0 Å². The number of hydrogen-bond acceptors (Lipinski definition) is 3. The van der Waals surface area contributed by atoms with E-state index in [1.807, 2.05) is 0 Å². The Hall–Kier alpha value is -0.380. The highest BCUT2D eigenvalue weighted by Gasteiger charge is 2.28. The first-order valence-electron chi connectivity index (χ1n) is 7.63. The SMILES string of the molecule is C=C(CNCC)CN1CCC(N2CCCCC2)C1. The van der Waals surface area contributed by atoms with Crippen LogP contribution in [0.15, 0.2) is 12.2 Å². The molecule has 2 aliphatic rings. The van der Waals surface area contributed by atoms with E-state index in [9.17, 15) is 0 Å². The molecule has 1 unspecified atom stereocenters. The Morgan fingerprint density at radius 3 is 2.72 bits per heavy atom. The van der Waals surface area contributed by atoms with Gasteiger partial charge in [0.25, 0.3) is 0 Å². The number of rotatable bonds is 6. The summed E-state index contributed by atoms with van der Waals surface area (Å²) in [6, 6.07) is 0.817. The van der Waals surface area contributed by atoms with Gasteiger partial charge in [-0.2, -0.15) is 0 Å². The fourth-order valence-corrected chi connectivity index (χ4v) is 3.21. The Morgan fingerprint density at radius 1 is 1.22 bits per heavy atom. The molecule has 0 bridgehead atoms. The van der Waals surface area contributed by atoms with Crippen molar-refractivity contribution in [2.24, 2.45) is 0 Å². The van der Waals surface area contributed by atoms with Crippen LogP contribution in [-0.2, 0) is 0 Å². The van der Waals surface area contributed by atoms with E-state index in [0.717, 1.165) is 25.7 Å². The van der Waals surface area contributed by atoms with Crippen molar-refractivity contribution in [1.82, 2.24) is 15.1 Å². The lowest BCUT2D eigenvalue weighted by Gasteiger charge is -2.32. The minimum Gasteiger partial charge on any atom is -0.313 e. The predicted octanol–water partition coefficient (Wildman–Crippen LogP) is 1.71. The molecule has 0 saturated carbocycles. The number of nitrogens with zero attached hydrogens (tertiary/aromatic N) is 2. The Labute approximate surface area is 112 Å². The summed E-state index contributed by atoms with van der Waals surface area (Å²) in [7, 11) is 0. The van der Waals surface area contributed by atoms with Crippen LogP contribution >= 0.6 is 0 Å². The van der Waals surface area contributed by atoms with E-state index in [2.05, 4.69) is 28.6 Å². The number of hydrogen-bond donors (Lipinski definition) is 1. The lowest BCUT2D eigenvalue weighted by atomic mass is 10.1. The third-order valence-corrected chi connectivity index (χ3v) is 4.23. The first kappa shape index (κ1) is 14.0. The second-order valence-corrected chi connectivity index (χ2v) is 5.80. The minimum absolute atomic E-state index is 0.817. The fourth-order valence-electron chi connectivity index (χ4n) is 3.21. The van der Waals surface area contributed by atoms with Crippen molar-refractivity contribution in [3.63, 3.8) is 0 Å². The number of nitrogens with one attached hydrogen (secondary N) is 1. The average molecular weight is 251 g/mol. The molecular formula is C15H29N3. The lowest BCUT2D eigenvalue weighted by molar-refractivity contribution is 0.163. The number of likely N-dealkylation sites (N-methyl/N-ethyl adjacent to an activating group) is 1. The number of piperidine rings is 1.